The SMILES string of the molecule is O=C1NCCC1NCc1ccc(OCCOc2ccccc2)c(Br)c1. The van der Waals surface area contributed by atoms with Crippen molar-refractivity contribution < 1.29 is 14.3 Å². The van der Waals surface area contributed by atoms with Crippen molar-refractivity contribution in [2.75, 3.05) is 19.8 Å². The summed E-state index contributed by atoms with van der Waals surface area (Å²) in [6.45, 7) is 2.34. The average molecular weight is 405 g/mol. The quantitative estimate of drug-likeness (QED) is 0.664. The molecule has 3 rings (SSSR count). The Kier molecular flexibility index (Phi) is 6.30. The molecule has 0 spiro atoms. The number of amides is 1. The van der Waals surface area contributed by atoms with E-state index in [1.165, 1.54) is 0 Å². The lowest BCUT2D eigenvalue weighted by atomic mass is 10.2. The topological polar surface area (TPSA) is 59.6 Å². The van der Waals surface area contributed by atoms with Crippen molar-refractivity contribution in [3.05, 3.63) is 58.6 Å². The monoisotopic (exact) mass is 404 g/mol. The number of benzene rings is 2. The minimum absolute atomic E-state index is 0.0810. The lowest BCUT2D eigenvalue weighted by Gasteiger charge is -2.12. The van der Waals surface area contributed by atoms with Crippen molar-refractivity contribution in [2.24, 2.45) is 0 Å². The van der Waals surface area contributed by atoms with Crippen molar-refractivity contribution in [1.82, 2.24) is 10.6 Å². The summed E-state index contributed by atoms with van der Waals surface area (Å²) < 4.78 is 12.3. The number of para-hydroxylation sites is 1. The van der Waals surface area contributed by atoms with E-state index in [2.05, 4.69) is 26.6 Å². The van der Waals surface area contributed by atoms with E-state index < -0.39 is 0 Å². The maximum absolute atomic E-state index is 11.6. The molecule has 5 nitrogen and oxygen atoms in total. The van der Waals surface area contributed by atoms with E-state index in [1.807, 2.05) is 48.5 Å². The van der Waals surface area contributed by atoms with E-state index in [4.69, 9.17) is 9.47 Å². The molecule has 1 saturated heterocycles. The van der Waals surface area contributed by atoms with Crippen molar-refractivity contribution >= 4 is 21.8 Å². The number of halogens is 1. The lowest BCUT2D eigenvalue weighted by molar-refractivity contribution is -0.120. The van der Waals surface area contributed by atoms with Crippen LogP contribution < -0.4 is 20.1 Å². The zero-order chi connectivity index (χ0) is 17.5. The molecule has 0 radical (unpaired) electrons. The van der Waals surface area contributed by atoms with E-state index >= 15 is 0 Å². The summed E-state index contributed by atoms with van der Waals surface area (Å²) in [6.07, 6.45) is 0.836. The molecular formula is C19H21BrN2O3. The highest BCUT2D eigenvalue weighted by atomic mass is 79.9. The van der Waals surface area contributed by atoms with Crippen LogP contribution >= 0.6 is 15.9 Å². The molecule has 2 aromatic carbocycles. The van der Waals surface area contributed by atoms with Gasteiger partial charge in [0.25, 0.3) is 0 Å². The third-order valence-electron chi connectivity index (χ3n) is 3.95. The van der Waals surface area contributed by atoms with E-state index in [0.29, 0.717) is 19.8 Å². The Labute approximate surface area is 155 Å². The van der Waals surface area contributed by atoms with E-state index in [-0.39, 0.29) is 11.9 Å². The number of carbonyl (C=O) groups excluding carboxylic acids is 1. The van der Waals surface area contributed by atoms with Crippen LogP contribution in [0.5, 0.6) is 11.5 Å². The van der Waals surface area contributed by atoms with Gasteiger partial charge in [-0.25, -0.2) is 0 Å². The number of ether oxygens (including phenoxy) is 2. The number of hydrogen-bond acceptors (Lipinski definition) is 4. The van der Waals surface area contributed by atoms with Crippen LogP contribution in [0.4, 0.5) is 0 Å². The second-order valence-electron chi connectivity index (χ2n) is 5.79. The molecule has 1 atom stereocenters. The van der Waals surface area contributed by atoms with Gasteiger partial charge in [0.05, 0.1) is 10.5 Å². The van der Waals surface area contributed by atoms with Crippen molar-refractivity contribution in [1.29, 1.82) is 0 Å². The lowest BCUT2D eigenvalue weighted by Crippen LogP contribution is -2.35. The van der Waals surface area contributed by atoms with Gasteiger partial charge in [0.15, 0.2) is 0 Å². The Morgan fingerprint density at radius 1 is 1.12 bits per heavy atom. The van der Waals surface area contributed by atoms with Gasteiger partial charge in [-0.2, -0.15) is 0 Å². The summed E-state index contributed by atoms with van der Waals surface area (Å²) in [5, 5.41) is 6.10. The van der Waals surface area contributed by atoms with Crippen LogP contribution in [0.3, 0.4) is 0 Å². The van der Waals surface area contributed by atoms with E-state index in [1.54, 1.807) is 0 Å². The van der Waals surface area contributed by atoms with Crippen molar-refractivity contribution in [3.63, 3.8) is 0 Å². The number of carbonyl (C=O) groups is 1. The fourth-order valence-electron chi connectivity index (χ4n) is 2.63. The van der Waals surface area contributed by atoms with Crippen LogP contribution in [-0.4, -0.2) is 31.7 Å². The fourth-order valence-corrected chi connectivity index (χ4v) is 3.17. The van der Waals surface area contributed by atoms with E-state index in [9.17, 15) is 4.79 Å². The maximum Gasteiger partial charge on any atom is 0.237 e. The summed E-state index contributed by atoms with van der Waals surface area (Å²) in [5.74, 6) is 1.69. The van der Waals surface area contributed by atoms with Gasteiger partial charge in [-0.3, -0.25) is 4.79 Å². The largest absolute Gasteiger partial charge is 0.490 e. The molecule has 2 aromatic rings. The van der Waals surface area contributed by atoms with Crippen molar-refractivity contribution in [2.45, 2.75) is 19.0 Å². The molecule has 1 aliphatic heterocycles. The first-order valence-electron chi connectivity index (χ1n) is 8.32. The minimum Gasteiger partial charge on any atom is -0.490 e. The number of nitrogens with one attached hydrogen (secondary N) is 2. The second-order valence-corrected chi connectivity index (χ2v) is 6.64. The zero-order valence-corrected chi connectivity index (χ0v) is 15.4. The molecule has 132 valence electrons. The van der Waals surface area contributed by atoms with Gasteiger partial charge >= 0.3 is 0 Å². The molecule has 1 amide bonds. The number of hydrogen-bond donors (Lipinski definition) is 2. The number of rotatable bonds is 8. The summed E-state index contributed by atoms with van der Waals surface area (Å²) in [4.78, 5) is 11.6. The summed E-state index contributed by atoms with van der Waals surface area (Å²) >= 11 is 3.54. The predicted molar refractivity (Wildman–Crippen MR) is 99.8 cm³/mol. The van der Waals surface area contributed by atoms with Crippen LogP contribution in [0.1, 0.15) is 12.0 Å². The first-order chi connectivity index (χ1) is 12.2. The molecule has 0 bridgehead atoms. The first-order valence-corrected chi connectivity index (χ1v) is 9.12. The zero-order valence-electron chi connectivity index (χ0n) is 13.8. The molecule has 6 heteroatoms. The standard InChI is InChI=1S/C19H21BrN2O3/c20-16-12-14(13-22-17-8-9-21-19(17)23)6-7-18(16)25-11-10-24-15-4-2-1-3-5-15/h1-7,12,17,22H,8-11,13H2,(H,21,23). The van der Waals surface area contributed by atoms with Crippen LogP contribution in [0.2, 0.25) is 0 Å². The van der Waals surface area contributed by atoms with Gasteiger partial charge in [-0.15, -0.1) is 0 Å². The Hall–Kier alpha value is -2.05. The average Bonchev–Trinajstić information content (AvgIpc) is 3.04. The second kappa shape index (κ2) is 8.87. The Morgan fingerprint density at radius 2 is 1.92 bits per heavy atom. The highest BCUT2D eigenvalue weighted by molar-refractivity contribution is 9.10. The van der Waals surface area contributed by atoms with Crippen molar-refractivity contribution in [3.8, 4) is 11.5 Å². The highest BCUT2D eigenvalue weighted by Crippen LogP contribution is 2.26. The van der Waals surface area contributed by atoms with Crippen LogP contribution in [0, 0.1) is 0 Å². The molecule has 2 N–H and O–H groups in total. The minimum atomic E-state index is -0.0927. The summed E-state index contributed by atoms with van der Waals surface area (Å²) in [5.41, 5.74) is 1.10. The Morgan fingerprint density at radius 3 is 2.64 bits per heavy atom. The highest BCUT2D eigenvalue weighted by Gasteiger charge is 2.22. The van der Waals surface area contributed by atoms with Crippen LogP contribution in [0.15, 0.2) is 53.0 Å². The predicted octanol–water partition coefficient (Wildman–Crippen LogP) is 2.88. The molecule has 1 fully saturated rings. The fraction of sp³-hybridized carbons (Fsp3) is 0.316. The maximum atomic E-state index is 11.6. The smallest absolute Gasteiger partial charge is 0.237 e. The molecule has 1 aliphatic rings. The van der Waals surface area contributed by atoms with Gasteiger partial charge < -0.3 is 20.1 Å². The third-order valence-corrected chi connectivity index (χ3v) is 4.57. The normalized spacial score (nSPS) is 16.5. The summed E-state index contributed by atoms with van der Waals surface area (Å²) in [7, 11) is 0. The molecule has 1 heterocycles. The van der Waals surface area contributed by atoms with Crippen LogP contribution in [-0.2, 0) is 11.3 Å². The molecule has 0 aliphatic carbocycles. The van der Waals surface area contributed by atoms with Gasteiger partial charge in [-0.1, -0.05) is 24.3 Å². The Balaban J connectivity index is 1.44. The van der Waals surface area contributed by atoms with Crippen LogP contribution in [0.25, 0.3) is 0 Å². The van der Waals surface area contributed by atoms with Gasteiger partial charge in [0, 0.05) is 13.1 Å². The van der Waals surface area contributed by atoms with E-state index in [0.717, 1.165) is 34.5 Å². The molecule has 1 unspecified atom stereocenters. The molecular weight excluding hydrogens is 384 g/mol. The first kappa shape index (κ1) is 17.8. The molecule has 0 saturated carbocycles. The molecule has 0 aromatic heterocycles. The molecule has 25 heavy (non-hydrogen) atoms. The summed E-state index contributed by atoms with van der Waals surface area (Å²) in [6, 6.07) is 15.5. The van der Waals surface area contributed by atoms with Gasteiger partial charge in [0.2, 0.25) is 5.91 Å². The Bertz CT molecular complexity index is 709. The third kappa shape index (κ3) is 5.21. The van der Waals surface area contributed by atoms with Gasteiger partial charge in [-0.05, 0) is 52.2 Å². The van der Waals surface area contributed by atoms with Gasteiger partial charge in [0.1, 0.15) is 24.7 Å².